The fraction of sp³-hybridized carbons (Fsp3) is 0.905. The third-order valence-electron chi connectivity index (χ3n) is 8.97. The average Bonchev–Trinajstić information content (AvgIpc) is 2.85. The van der Waals surface area contributed by atoms with Crippen LogP contribution in [0.15, 0.2) is 0 Å². The molecule has 0 radical (unpaired) electrons. The highest BCUT2D eigenvalue weighted by molar-refractivity contribution is 5.80. The predicted octanol–water partition coefficient (Wildman–Crippen LogP) is 4.80. The van der Waals surface area contributed by atoms with Crippen molar-refractivity contribution in [1.29, 1.82) is 0 Å². The van der Waals surface area contributed by atoms with Crippen molar-refractivity contribution in [3.05, 3.63) is 0 Å². The second kappa shape index (κ2) is 5.17. The van der Waals surface area contributed by atoms with Crippen molar-refractivity contribution in [1.82, 2.24) is 0 Å². The van der Waals surface area contributed by atoms with Crippen LogP contribution in [0.2, 0.25) is 0 Å². The number of rotatable bonds is 1. The summed E-state index contributed by atoms with van der Waals surface area (Å²) in [5, 5.41) is 0. The van der Waals surface area contributed by atoms with Gasteiger partial charge < -0.3 is 0 Å². The number of Topliss-reactive ketones (excluding diaryl/α,β-unsaturated/α-hetero) is 2. The highest BCUT2D eigenvalue weighted by Crippen LogP contribution is 2.67. The van der Waals surface area contributed by atoms with Crippen molar-refractivity contribution < 1.29 is 9.59 Å². The first-order chi connectivity index (χ1) is 10.9. The molecule has 7 atom stereocenters. The first kappa shape index (κ1) is 15.8. The van der Waals surface area contributed by atoms with Crippen LogP contribution < -0.4 is 0 Å². The summed E-state index contributed by atoms with van der Waals surface area (Å²) in [6, 6.07) is 0. The summed E-state index contributed by atoms with van der Waals surface area (Å²) in [6.07, 6.45) is 10.3. The molecule has 0 aliphatic heterocycles. The largest absolute Gasteiger partial charge is 0.300 e. The van der Waals surface area contributed by atoms with Crippen LogP contribution in [0.3, 0.4) is 0 Å². The molecular formula is C21H32O2. The highest BCUT2D eigenvalue weighted by atomic mass is 16.1. The molecule has 0 amide bonds. The molecular weight excluding hydrogens is 284 g/mol. The molecule has 0 aromatic rings. The molecule has 0 aromatic carbocycles. The molecule has 2 heteroatoms. The average molecular weight is 316 g/mol. The van der Waals surface area contributed by atoms with Crippen molar-refractivity contribution in [2.45, 2.75) is 78.6 Å². The lowest BCUT2D eigenvalue weighted by Gasteiger charge is -2.60. The van der Waals surface area contributed by atoms with Gasteiger partial charge in [-0.25, -0.2) is 0 Å². The minimum absolute atomic E-state index is 0.265. The van der Waals surface area contributed by atoms with Crippen LogP contribution in [0.4, 0.5) is 0 Å². The van der Waals surface area contributed by atoms with E-state index in [-0.39, 0.29) is 5.41 Å². The number of carbonyl (C=O) groups is 2. The molecule has 0 spiro atoms. The number of carbonyl (C=O) groups excluding carboxylic acids is 2. The number of hydrogen-bond acceptors (Lipinski definition) is 2. The van der Waals surface area contributed by atoms with Crippen LogP contribution in [0.5, 0.6) is 0 Å². The van der Waals surface area contributed by atoms with Crippen LogP contribution in [-0.2, 0) is 9.59 Å². The normalized spacial score (nSPS) is 52.5. The van der Waals surface area contributed by atoms with Gasteiger partial charge in [0.15, 0.2) is 0 Å². The number of ketones is 2. The van der Waals surface area contributed by atoms with Crippen LogP contribution >= 0.6 is 0 Å². The Hall–Kier alpha value is -0.660. The molecule has 128 valence electrons. The monoisotopic (exact) mass is 316 g/mol. The standard InChI is InChI=1S/C21H32O2/c1-13(22)17-6-7-18-16-5-4-14-12-15(23)8-10-20(14,2)19(16)9-11-21(17,18)3/h14,16-19H,4-12H2,1-3H3/t14-,16-,17-,18+,19+,20+,21+/m1/s1. The third-order valence-corrected chi connectivity index (χ3v) is 8.97. The van der Waals surface area contributed by atoms with E-state index in [1.807, 2.05) is 6.92 Å². The van der Waals surface area contributed by atoms with Gasteiger partial charge in [-0.15, -0.1) is 0 Å². The lowest BCUT2D eigenvalue weighted by atomic mass is 9.44. The van der Waals surface area contributed by atoms with Gasteiger partial charge in [0.2, 0.25) is 0 Å². The third kappa shape index (κ3) is 2.12. The molecule has 23 heavy (non-hydrogen) atoms. The van der Waals surface area contributed by atoms with E-state index >= 15 is 0 Å². The van der Waals surface area contributed by atoms with Crippen LogP contribution in [-0.4, -0.2) is 11.6 Å². The van der Waals surface area contributed by atoms with Gasteiger partial charge in [0, 0.05) is 18.8 Å². The molecule has 4 rings (SSSR count). The first-order valence-electron chi connectivity index (χ1n) is 9.88. The van der Waals surface area contributed by atoms with Gasteiger partial charge in [-0.3, -0.25) is 9.59 Å². The van der Waals surface area contributed by atoms with Crippen molar-refractivity contribution in [2.75, 3.05) is 0 Å². The van der Waals surface area contributed by atoms with Crippen LogP contribution in [0.1, 0.15) is 78.6 Å². The van der Waals surface area contributed by atoms with E-state index in [2.05, 4.69) is 13.8 Å². The van der Waals surface area contributed by atoms with Crippen LogP contribution in [0.25, 0.3) is 0 Å². The highest BCUT2D eigenvalue weighted by Gasteiger charge is 2.60. The lowest BCUT2D eigenvalue weighted by Crippen LogP contribution is -2.53. The molecule has 0 unspecified atom stereocenters. The van der Waals surface area contributed by atoms with Crippen molar-refractivity contribution in [3.8, 4) is 0 Å². The van der Waals surface area contributed by atoms with Crippen molar-refractivity contribution in [3.63, 3.8) is 0 Å². The minimum Gasteiger partial charge on any atom is -0.300 e. The Morgan fingerprint density at radius 2 is 1.70 bits per heavy atom. The molecule has 0 aromatic heterocycles. The van der Waals surface area contributed by atoms with E-state index in [4.69, 9.17) is 0 Å². The fourth-order valence-corrected chi connectivity index (χ4v) is 7.71. The lowest BCUT2D eigenvalue weighted by molar-refractivity contribution is -0.143. The van der Waals surface area contributed by atoms with E-state index in [1.54, 1.807) is 0 Å². The fourth-order valence-electron chi connectivity index (χ4n) is 7.71. The minimum atomic E-state index is 0.265. The Morgan fingerprint density at radius 3 is 2.43 bits per heavy atom. The van der Waals surface area contributed by atoms with E-state index in [1.165, 1.54) is 32.1 Å². The Kier molecular flexibility index (Phi) is 3.56. The van der Waals surface area contributed by atoms with E-state index < -0.39 is 0 Å². The van der Waals surface area contributed by atoms with Gasteiger partial charge in [0.25, 0.3) is 0 Å². The molecule has 0 heterocycles. The van der Waals surface area contributed by atoms with Gasteiger partial charge in [-0.05, 0) is 86.4 Å². The molecule has 4 fully saturated rings. The zero-order valence-corrected chi connectivity index (χ0v) is 15.1. The smallest absolute Gasteiger partial charge is 0.133 e. The molecule has 0 bridgehead atoms. The molecule has 4 aliphatic carbocycles. The molecule has 4 aliphatic rings. The van der Waals surface area contributed by atoms with E-state index in [9.17, 15) is 9.59 Å². The summed E-state index contributed by atoms with van der Waals surface area (Å²) in [5.74, 6) is 4.25. The SMILES string of the molecule is CC(=O)[C@H]1CC[C@H]2[C@H]3CC[C@@H]4CC(=O)CC[C@]4(C)[C@H]3CC[C@@]12C. The molecule has 0 N–H and O–H groups in total. The molecule has 0 saturated heterocycles. The zero-order chi connectivity index (χ0) is 16.4. The summed E-state index contributed by atoms with van der Waals surface area (Å²) < 4.78 is 0. The van der Waals surface area contributed by atoms with E-state index in [0.717, 1.165) is 43.4 Å². The maximum Gasteiger partial charge on any atom is 0.133 e. The summed E-state index contributed by atoms with van der Waals surface area (Å²) >= 11 is 0. The summed E-state index contributed by atoms with van der Waals surface area (Å²) in [4.78, 5) is 24.1. The zero-order valence-electron chi connectivity index (χ0n) is 15.1. The van der Waals surface area contributed by atoms with Gasteiger partial charge in [0.05, 0.1) is 0 Å². The second-order valence-electron chi connectivity index (χ2n) is 9.68. The van der Waals surface area contributed by atoms with Gasteiger partial charge in [-0.1, -0.05) is 13.8 Å². The number of hydrogen-bond donors (Lipinski definition) is 0. The summed E-state index contributed by atoms with van der Waals surface area (Å²) in [7, 11) is 0. The summed E-state index contributed by atoms with van der Waals surface area (Å²) in [6.45, 7) is 6.74. The van der Waals surface area contributed by atoms with Crippen molar-refractivity contribution >= 4 is 11.6 Å². The molecule has 4 saturated carbocycles. The molecule has 2 nitrogen and oxygen atoms in total. The van der Waals surface area contributed by atoms with Gasteiger partial charge in [-0.2, -0.15) is 0 Å². The maximum absolute atomic E-state index is 12.2. The van der Waals surface area contributed by atoms with Crippen molar-refractivity contribution in [2.24, 2.45) is 40.4 Å². The van der Waals surface area contributed by atoms with Crippen LogP contribution in [0, 0.1) is 40.4 Å². The quantitative estimate of drug-likeness (QED) is 0.696. The Labute approximate surface area is 140 Å². The Morgan fingerprint density at radius 1 is 0.957 bits per heavy atom. The predicted molar refractivity (Wildman–Crippen MR) is 90.9 cm³/mol. The maximum atomic E-state index is 12.2. The topological polar surface area (TPSA) is 34.1 Å². The first-order valence-corrected chi connectivity index (χ1v) is 9.88. The summed E-state index contributed by atoms with van der Waals surface area (Å²) in [5.41, 5.74) is 0.660. The number of fused-ring (bicyclic) bond motifs is 5. The van der Waals surface area contributed by atoms with Gasteiger partial charge in [0.1, 0.15) is 11.6 Å². The Balaban J connectivity index is 1.63. The van der Waals surface area contributed by atoms with Gasteiger partial charge >= 0.3 is 0 Å². The van der Waals surface area contributed by atoms with E-state index in [0.29, 0.717) is 28.8 Å². The Bertz CT molecular complexity index is 538. The second-order valence-corrected chi connectivity index (χ2v) is 9.68.